The van der Waals surface area contributed by atoms with Crippen molar-refractivity contribution in [2.45, 2.75) is 130 Å². The lowest BCUT2D eigenvalue weighted by atomic mass is 9.78. The average Bonchev–Trinajstić information content (AvgIpc) is 4.01. The Morgan fingerprint density at radius 2 is 0.382 bits per heavy atom. The van der Waals surface area contributed by atoms with Crippen molar-refractivity contribution in [3.05, 3.63) is 279 Å². The molecule has 0 aromatic heterocycles. The lowest BCUT2D eigenvalue weighted by Crippen LogP contribution is -2.10. The van der Waals surface area contributed by atoms with E-state index < -0.39 is 0 Å². The second kappa shape index (κ2) is 16.8. The summed E-state index contributed by atoms with van der Waals surface area (Å²) in [5.74, 6) is 3.48. The van der Waals surface area contributed by atoms with E-state index in [9.17, 15) is 0 Å². The number of hydrogen-bond donors (Lipinski definition) is 0. The third kappa shape index (κ3) is 7.16. The first-order valence-electron chi connectivity index (χ1n) is 25.4. The van der Waals surface area contributed by atoms with Crippen LogP contribution in [0.4, 0.5) is 0 Å². The van der Waals surface area contributed by atoms with Crippen LogP contribution in [-0.2, 0) is 0 Å². The third-order valence-electron chi connectivity index (χ3n) is 16.9. The molecule has 0 nitrogen and oxygen atoms in total. The van der Waals surface area contributed by atoms with Crippen LogP contribution in [0.2, 0.25) is 0 Å². The predicted octanol–water partition coefficient (Wildman–Crippen LogP) is 17.4. The van der Waals surface area contributed by atoms with E-state index in [1.165, 1.54) is 89.0 Å². The van der Waals surface area contributed by atoms with Crippen molar-refractivity contribution >= 4 is 0 Å². The van der Waals surface area contributed by atoms with Gasteiger partial charge in [-0.3, -0.25) is 0 Å². The van der Waals surface area contributed by atoms with Crippen LogP contribution in [0.25, 0.3) is 0 Å². The molecule has 8 atom stereocenters. The molecule has 0 N–H and O–H groups in total. The minimum atomic E-state index is 0.400. The summed E-state index contributed by atoms with van der Waals surface area (Å²) in [6.07, 6.45) is 0. The molecule has 0 spiro atoms. The van der Waals surface area contributed by atoms with Gasteiger partial charge in [0.25, 0.3) is 0 Å². The topological polar surface area (TPSA) is 0 Å². The summed E-state index contributed by atoms with van der Waals surface area (Å²) in [5.41, 5.74) is 35.1. The maximum Gasteiger partial charge on any atom is 0.0170 e. The zero-order chi connectivity index (χ0) is 47.4. The predicted molar refractivity (Wildman–Crippen MR) is 287 cm³/mol. The fourth-order valence-electron chi connectivity index (χ4n) is 14.5. The highest BCUT2D eigenvalue weighted by Gasteiger charge is 2.54. The molecule has 12 rings (SSSR count). The van der Waals surface area contributed by atoms with Crippen molar-refractivity contribution in [2.75, 3.05) is 0 Å². The van der Waals surface area contributed by atoms with Crippen LogP contribution in [0, 0.1) is 83.1 Å². The van der Waals surface area contributed by atoms with Crippen molar-refractivity contribution < 1.29 is 0 Å². The van der Waals surface area contributed by atoms with Gasteiger partial charge in [0.1, 0.15) is 0 Å². The second-order valence-corrected chi connectivity index (χ2v) is 22.0. The monoisotopic (exact) mass is 885 g/mol. The van der Waals surface area contributed by atoms with Crippen molar-refractivity contribution in [2.24, 2.45) is 0 Å². The molecule has 0 bridgehead atoms. The summed E-state index contributed by atoms with van der Waals surface area (Å²) in [6, 6.07) is 57.0. The first-order valence-corrected chi connectivity index (χ1v) is 25.4. The van der Waals surface area contributed by atoms with Crippen LogP contribution in [0.5, 0.6) is 0 Å². The summed E-state index contributed by atoms with van der Waals surface area (Å²) >= 11 is 0. The van der Waals surface area contributed by atoms with Gasteiger partial charge in [-0.15, -0.1) is 0 Å². The Bertz CT molecular complexity index is 2800. The Morgan fingerprint density at radius 3 is 0.559 bits per heavy atom. The van der Waals surface area contributed by atoms with E-state index in [0.29, 0.717) is 47.3 Å². The fourth-order valence-corrected chi connectivity index (χ4v) is 14.5. The molecule has 8 aromatic carbocycles. The van der Waals surface area contributed by atoms with Gasteiger partial charge in [0, 0.05) is 47.3 Å². The lowest BCUT2D eigenvalue weighted by Gasteiger charge is -2.24. The molecule has 0 amide bonds. The number of hydrogen-bond acceptors (Lipinski definition) is 0. The Kier molecular flexibility index (Phi) is 10.9. The summed E-state index contributed by atoms with van der Waals surface area (Å²) in [6.45, 7) is 27.1. The minimum Gasteiger partial charge on any atom is -0.0590 e. The molecular formula is C68H68. The van der Waals surface area contributed by atoms with Crippen molar-refractivity contribution in [1.82, 2.24) is 0 Å². The van der Waals surface area contributed by atoms with Crippen molar-refractivity contribution in [1.29, 1.82) is 0 Å². The number of rotatable bonds is 4. The zero-order valence-electron chi connectivity index (χ0n) is 42.5. The number of fused-ring (bicyclic) bond motifs is 10. The minimum absolute atomic E-state index is 0.400. The van der Waals surface area contributed by atoms with Crippen molar-refractivity contribution in [3.8, 4) is 0 Å². The van der Waals surface area contributed by atoms with Crippen LogP contribution in [-0.4, -0.2) is 0 Å². The van der Waals surface area contributed by atoms with Gasteiger partial charge in [-0.1, -0.05) is 190 Å². The van der Waals surface area contributed by atoms with Gasteiger partial charge < -0.3 is 0 Å². The fraction of sp³-hybridized carbons (Fsp3) is 0.294. The van der Waals surface area contributed by atoms with Gasteiger partial charge in [-0.2, -0.15) is 0 Å². The highest BCUT2D eigenvalue weighted by molar-refractivity contribution is 5.67. The van der Waals surface area contributed by atoms with Crippen LogP contribution in [0.3, 0.4) is 0 Å². The van der Waals surface area contributed by atoms with E-state index in [1.54, 1.807) is 44.5 Å². The molecule has 4 aliphatic rings. The molecule has 0 fully saturated rings. The highest BCUT2D eigenvalue weighted by atomic mass is 14.6. The SMILES string of the molecule is Cc1ccc([C@@H]2c3c(C)cc(C)cc3[C@H]3[C@H](c4ccc(C)cc4)c4c(C)cc(C)cc4[C@@H]23)cc1.Cc1ccc([C@@H]2c3c(C)cc(C)cc3[C@H]3[C@H](c4ccc(C)cc4)c4c(C)cc(C)cc4[C@@H]23)cc1. The Morgan fingerprint density at radius 1 is 0.206 bits per heavy atom. The standard InChI is InChI=1S/2C34H34/c2*1-19-7-11-25(12-8-19)31-29-23(5)15-21(3)17-27(29)34-32(26-13-9-20(2)10-14-26)30-24(6)16-22(4)18-28(30)33(31)34/h2*7-18,31-34H,1-6H3/t2*31-,32-,33+,34+/m11/s1. The van der Waals surface area contributed by atoms with Crippen LogP contribution in [0.15, 0.2) is 146 Å². The van der Waals surface area contributed by atoms with Gasteiger partial charge >= 0.3 is 0 Å². The van der Waals surface area contributed by atoms with Crippen molar-refractivity contribution in [3.63, 3.8) is 0 Å². The van der Waals surface area contributed by atoms with E-state index in [2.05, 4.69) is 229 Å². The Hall–Kier alpha value is -6.24. The highest BCUT2D eigenvalue weighted by Crippen LogP contribution is 2.69. The Labute approximate surface area is 407 Å². The molecular weight excluding hydrogens is 817 g/mol. The Balaban J connectivity index is 0.000000149. The second-order valence-electron chi connectivity index (χ2n) is 22.0. The maximum absolute atomic E-state index is 2.50. The molecule has 0 aliphatic heterocycles. The first-order chi connectivity index (χ1) is 32.7. The third-order valence-corrected chi connectivity index (χ3v) is 16.9. The quantitative estimate of drug-likeness (QED) is 0.165. The molecule has 0 heterocycles. The average molecular weight is 885 g/mol. The van der Waals surface area contributed by atoms with E-state index in [-0.39, 0.29) is 0 Å². The summed E-state index contributed by atoms with van der Waals surface area (Å²) in [5, 5.41) is 0. The van der Waals surface area contributed by atoms with E-state index in [1.807, 2.05) is 0 Å². The largest absolute Gasteiger partial charge is 0.0590 e. The van der Waals surface area contributed by atoms with Gasteiger partial charge in [-0.05, 0) is 172 Å². The summed E-state index contributed by atoms with van der Waals surface area (Å²) in [4.78, 5) is 0. The molecule has 4 aliphatic carbocycles. The molecule has 0 radical (unpaired) electrons. The summed E-state index contributed by atoms with van der Waals surface area (Å²) in [7, 11) is 0. The number of aryl methyl sites for hydroxylation is 12. The molecule has 0 saturated heterocycles. The van der Waals surface area contributed by atoms with Crippen LogP contribution < -0.4 is 0 Å². The summed E-state index contributed by atoms with van der Waals surface area (Å²) < 4.78 is 0. The first kappa shape index (κ1) is 44.3. The van der Waals surface area contributed by atoms with E-state index in [0.717, 1.165) is 0 Å². The maximum atomic E-state index is 2.50. The van der Waals surface area contributed by atoms with Crippen LogP contribution in [0.1, 0.15) is 181 Å². The molecule has 0 saturated carbocycles. The van der Waals surface area contributed by atoms with Gasteiger partial charge in [0.2, 0.25) is 0 Å². The smallest absolute Gasteiger partial charge is 0.0170 e. The lowest BCUT2D eigenvalue weighted by molar-refractivity contribution is 0.545. The van der Waals surface area contributed by atoms with E-state index in [4.69, 9.17) is 0 Å². The molecule has 68 heavy (non-hydrogen) atoms. The molecule has 8 aromatic rings. The molecule has 0 heteroatoms. The zero-order valence-corrected chi connectivity index (χ0v) is 42.5. The normalized spacial score (nSPS) is 22.4. The van der Waals surface area contributed by atoms with E-state index >= 15 is 0 Å². The molecule has 340 valence electrons. The van der Waals surface area contributed by atoms with Crippen LogP contribution >= 0.6 is 0 Å². The van der Waals surface area contributed by atoms with Gasteiger partial charge in [-0.25, -0.2) is 0 Å². The van der Waals surface area contributed by atoms with Gasteiger partial charge in [0.05, 0.1) is 0 Å². The molecule has 0 unspecified atom stereocenters. The van der Waals surface area contributed by atoms with Gasteiger partial charge in [0.15, 0.2) is 0 Å². The number of benzene rings is 8.